The SMILES string of the molecule is CCCCCCCCCCCCCCCCCCCC(=O)OC[C@H](COC(=O)CCCCCCCCCCCCCC)OC(=O)CCCCCCCCCCCCCCCCCCCCC(C)CC. The van der Waals surface area contributed by atoms with Crippen LogP contribution >= 0.6 is 0 Å². The van der Waals surface area contributed by atoms with E-state index >= 15 is 0 Å². The normalized spacial score (nSPS) is 12.3. The van der Waals surface area contributed by atoms with E-state index < -0.39 is 6.10 Å². The first-order valence-corrected chi connectivity index (χ1v) is 31.4. The quantitative estimate of drug-likeness (QED) is 0.0343. The van der Waals surface area contributed by atoms with Crippen molar-refractivity contribution in [2.75, 3.05) is 13.2 Å². The Labute approximate surface area is 431 Å². The summed E-state index contributed by atoms with van der Waals surface area (Å²) in [7, 11) is 0. The predicted molar refractivity (Wildman–Crippen MR) is 298 cm³/mol. The molecule has 0 aromatic carbocycles. The summed E-state index contributed by atoms with van der Waals surface area (Å²) in [4.78, 5) is 38.2. The summed E-state index contributed by atoms with van der Waals surface area (Å²) in [6.07, 6.45) is 63.8. The van der Waals surface area contributed by atoms with Crippen molar-refractivity contribution in [3.05, 3.63) is 0 Å². The first-order chi connectivity index (χ1) is 33.9. The van der Waals surface area contributed by atoms with E-state index in [1.807, 2.05) is 0 Å². The molecular formula is C63H122O6. The van der Waals surface area contributed by atoms with Gasteiger partial charge in [-0.1, -0.05) is 323 Å². The van der Waals surface area contributed by atoms with Gasteiger partial charge in [-0.3, -0.25) is 14.4 Å². The molecule has 1 unspecified atom stereocenters. The average molecular weight is 976 g/mol. The van der Waals surface area contributed by atoms with Crippen LogP contribution < -0.4 is 0 Å². The lowest BCUT2D eigenvalue weighted by atomic mass is 9.99. The van der Waals surface area contributed by atoms with Gasteiger partial charge in [0.15, 0.2) is 6.10 Å². The maximum atomic E-state index is 12.9. The molecule has 0 heterocycles. The fourth-order valence-corrected chi connectivity index (χ4v) is 9.78. The molecule has 0 aliphatic rings. The van der Waals surface area contributed by atoms with Crippen LogP contribution in [0.4, 0.5) is 0 Å². The molecule has 0 saturated carbocycles. The molecule has 0 bridgehead atoms. The maximum absolute atomic E-state index is 12.9. The first kappa shape index (κ1) is 67.4. The van der Waals surface area contributed by atoms with Crippen molar-refractivity contribution in [1.82, 2.24) is 0 Å². The van der Waals surface area contributed by atoms with Gasteiger partial charge in [0.05, 0.1) is 0 Å². The first-order valence-electron chi connectivity index (χ1n) is 31.4. The summed E-state index contributed by atoms with van der Waals surface area (Å²) >= 11 is 0. The van der Waals surface area contributed by atoms with Gasteiger partial charge in [0.1, 0.15) is 13.2 Å². The van der Waals surface area contributed by atoms with Gasteiger partial charge in [0.25, 0.3) is 0 Å². The van der Waals surface area contributed by atoms with E-state index in [-0.39, 0.29) is 31.1 Å². The van der Waals surface area contributed by atoms with Crippen molar-refractivity contribution < 1.29 is 28.6 Å². The van der Waals surface area contributed by atoms with Gasteiger partial charge in [0, 0.05) is 19.3 Å². The largest absolute Gasteiger partial charge is 0.462 e. The van der Waals surface area contributed by atoms with E-state index in [9.17, 15) is 14.4 Å². The molecule has 0 radical (unpaired) electrons. The molecule has 0 rings (SSSR count). The summed E-state index contributed by atoms with van der Waals surface area (Å²) < 4.78 is 16.9. The third-order valence-electron chi connectivity index (χ3n) is 14.9. The van der Waals surface area contributed by atoms with Crippen LogP contribution in [-0.2, 0) is 28.6 Å². The Kier molecular flexibility index (Phi) is 56.0. The molecule has 0 N–H and O–H groups in total. The predicted octanol–water partition coefficient (Wildman–Crippen LogP) is 21.0. The van der Waals surface area contributed by atoms with Gasteiger partial charge >= 0.3 is 17.9 Å². The van der Waals surface area contributed by atoms with Gasteiger partial charge in [-0.15, -0.1) is 0 Å². The Balaban J connectivity index is 4.23. The minimum atomic E-state index is -0.762. The second-order valence-electron chi connectivity index (χ2n) is 21.9. The number of carbonyl (C=O) groups is 3. The molecular weight excluding hydrogens is 853 g/mol. The fraction of sp³-hybridized carbons (Fsp3) is 0.952. The molecule has 2 atom stereocenters. The molecule has 0 spiro atoms. The standard InChI is InChI=1S/C63H122O6/c1-5-8-10-12-14-16-18-20-21-24-28-31-35-39-43-47-51-55-62(65)68-58-60(57-67-61(64)54-50-46-42-38-34-19-17-15-13-11-9-6-2)69-63(66)56-52-48-44-40-36-32-29-26-23-22-25-27-30-33-37-41-45-49-53-59(4)7-3/h59-60H,5-58H2,1-4H3/t59?,60-/m0/s1. The van der Waals surface area contributed by atoms with Crippen LogP contribution in [0.2, 0.25) is 0 Å². The second-order valence-corrected chi connectivity index (χ2v) is 21.9. The molecule has 0 saturated heterocycles. The summed E-state index contributed by atoms with van der Waals surface area (Å²) in [5.74, 6) is 0.0794. The van der Waals surface area contributed by atoms with Gasteiger partial charge in [-0.05, 0) is 25.2 Å². The van der Waals surface area contributed by atoms with Crippen LogP contribution in [0.3, 0.4) is 0 Å². The number of hydrogen-bond acceptors (Lipinski definition) is 6. The molecule has 0 aromatic rings. The highest BCUT2D eigenvalue weighted by Crippen LogP contribution is 2.19. The Bertz CT molecular complexity index is 1040. The van der Waals surface area contributed by atoms with Gasteiger partial charge in [-0.25, -0.2) is 0 Å². The van der Waals surface area contributed by atoms with Crippen molar-refractivity contribution >= 4 is 17.9 Å². The monoisotopic (exact) mass is 975 g/mol. The second kappa shape index (κ2) is 57.3. The number of hydrogen-bond donors (Lipinski definition) is 0. The van der Waals surface area contributed by atoms with Gasteiger partial charge in [0.2, 0.25) is 0 Å². The lowest BCUT2D eigenvalue weighted by Crippen LogP contribution is -2.30. The van der Waals surface area contributed by atoms with Crippen LogP contribution in [0.25, 0.3) is 0 Å². The fourth-order valence-electron chi connectivity index (χ4n) is 9.78. The van der Waals surface area contributed by atoms with E-state index in [4.69, 9.17) is 14.2 Å². The number of ether oxygens (including phenoxy) is 3. The van der Waals surface area contributed by atoms with E-state index in [0.29, 0.717) is 19.3 Å². The Hall–Kier alpha value is -1.59. The Morgan fingerprint density at radius 1 is 0.290 bits per heavy atom. The highest BCUT2D eigenvalue weighted by Gasteiger charge is 2.19. The van der Waals surface area contributed by atoms with E-state index in [0.717, 1.165) is 63.7 Å². The molecule has 69 heavy (non-hydrogen) atoms. The lowest BCUT2D eigenvalue weighted by molar-refractivity contribution is -0.167. The smallest absolute Gasteiger partial charge is 0.306 e. The molecule has 0 amide bonds. The lowest BCUT2D eigenvalue weighted by Gasteiger charge is -2.18. The van der Waals surface area contributed by atoms with Crippen molar-refractivity contribution in [3.63, 3.8) is 0 Å². The van der Waals surface area contributed by atoms with Crippen LogP contribution in [0.15, 0.2) is 0 Å². The highest BCUT2D eigenvalue weighted by molar-refractivity contribution is 5.71. The molecule has 0 aromatic heterocycles. The Morgan fingerprint density at radius 3 is 0.754 bits per heavy atom. The van der Waals surface area contributed by atoms with E-state index in [1.54, 1.807) is 0 Å². The topological polar surface area (TPSA) is 78.9 Å². The number of esters is 3. The van der Waals surface area contributed by atoms with E-state index in [2.05, 4.69) is 27.7 Å². The molecule has 0 aliphatic carbocycles. The molecule has 6 heteroatoms. The molecule has 0 fully saturated rings. The van der Waals surface area contributed by atoms with E-state index in [1.165, 1.54) is 257 Å². The summed E-state index contributed by atoms with van der Waals surface area (Å²) in [5, 5.41) is 0. The average Bonchev–Trinajstić information content (AvgIpc) is 3.35. The summed E-state index contributed by atoms with van der Waals surface area (Å²) in [6, 6.07) is 0. The van der Waals surface area contributed by atoms with Gasteiger partial charge in [-0.2, -0.15) is 0 Å². The molecule has 410 valence electrons. The zero-order chi connectivity index (χ0) is 50.2. The zero-order valence-electron chi connectivity index (χ0n) is 47.3. The number of carbonyl (C=O) groups excluding carboxylic acids is 3. The summed E-state index contributed by atoms with van der Waals surface area (Å²) in [6.45, 7) is 9.12. The minimum Gasteiger partial charge on any atom is -0.462 e. The van der Waals surface area contributed by atoms with Crippen LogP contribution in [-0.4, -0.2) is 37.2 Å². The van der Waals surface area contributed by atoms with Crippen LogP contribution in [0, 0.1) is 5.92 Å². The third kappa shape index (κ3) is 55.6. The van der Waals surface area contributed by atoms with Crippen molar-refractivity contribution in [1.29, 1.82) is 0 Å². The highest BCUT2D eigenvalue weighted by atomic mass is 16.6. The Morgan fingerprint density at radius 2 is 0.507 bits per heavy atom. The third-order valence-corrected chi connectivity index (χ3v) is 14.9. The van der Waals surface area contributed by atoms with Crippen molar-refractivity contribution in [2.24, 2.45) is 5.92 Å². The van der Waals surface area contributed by atoms with Crippen molar-refractivity contribution in [3.8, 4) is 0 Å². The van der Waals surface area contributed by atoms with Crippen molar-refractivity contribution in [2.45, 2.75) is 368 Å². The van der Waals surface area contributed by atoms with Crippen LogP contribution in [0.1, 0.15) is 362 Å². The molecule has 0 aliphatic heterocycles. The molecule has 6 nitrogen and oxygen atoms in total. The number of unbranched alkanes of at least 4 members (excludes halogenated alkanes) is 44. The minimum absolute atomic E-state index is 0.0613. The summed E-state index contributed by atoms with van der Waals surface area (Å²) in [5.41, 5.74) is 0. The number of rotatable bonds is 58. The zero-order valence-corrected chi connectivity index (χ0v) is 47.3. The van der Waals surface area contributed by atoms with Gasteiger partial charge < -0.3 is 14.2 Å². The van der Waals surface area contributed by atoms with Crippen LogP contribution in [0.5, 0.6) is 0 Å². The maximum Gasteiger partial charge on any atom is 0.306 e.